The Bertz CT molecular complexity index is 2280. The van der Waals surface area contributed by atoms with E-state index in [1.807, 2.05) is 43.3 Å². The largest absolute Gasteiger partial charge is 0.475 e. The summed E-state index contributed by atoms with van der Waals surface area (Å²) in [4.78, 5) is 74.0. The molecule has 6 aromatic rings. The summed E-state index contributed by atoms with van der Waals surface area (Å²) in [5.41, 5.74) is 4.22. The Kier molecular flexibility index (Phi) is 12.2. The minimum absolute atomic E-state index is 0.0354. The van der Waals surface area contributed by atoms with Gasteiger partial charge in [-0.25, -0.2) is 34.7 Å². The fourth-order valence-electron chi connectivity index (χ4n) is 6.34. The van der Waals surface area contributed by atoms with Gasteiger partial charge in [0.2, 0.25) is 5.82 Å². The van der Waals surface area contributed by atoms with Gasteiger partial charge in [-0.3, -0.25) is 19.0 Å². The van der Waals surface area contributed by atoms with Crippen LogP contribution in [0.5, 0.6) is 0 Å². The number of carbonyl (C=O) groups is 4. The number of anilines is 1. The number of imidazole rings is 2. The molecule has 56 heavy (non-hydrogen) atoms. The van der Waals surface area contributed by atoms with Gasteiger partial charge in [0.25, 0.3) is 0 Å². The second-order valence-electron chi connectivity index (χ2n) is 12.6. The fraction of sp³-hybridized carbons (Fsp3) is 0.316. The highest BCUT2D eigenvalue weighted by atomic mass is 16.7. The van der Waals surface area contributed by atoms with Crippen molar-refractivity contribution in [1.82, 2.24) is 39.5 Å². The maximum atomic E-state index is 12.2. The molecule has 0 saturated carbocycles. The molecular weight excluding hydrogens is 726 g/mol. The van der Waals surface area contributed by atoms with Crippen molar-refractivity contribution in [3.05, 3.63) is 102 Å². The standard InChI is InChI=1S/C32H35N5O7.C6H4N4O2/c1-5-26-36-27-30(33-16-24(22-12-8-6-9-13-22)23-14-10-7-11-15-23)34-18-35-31(27)37(26)32-29(43-21(4)40)28(42-20(3)39)25(44-32)17-41-19(2)38;11-6(12)5-7-1-3-4(10-5)9-2-8-3/h6-15,18,24-25,28-29,32H,5,16-17H2,1-4H3,(H,33,34,35);1-2H,(H,11,12)(H,7,8,9,10)/t25-,28-,29-,32-;/m1./s1. The first-order valence-electron chi connectivity index (χ1n) is 17.6. The summed E-state index contributed by atoms with van der Waals surface area (Å²) in [5.74, 6) is -1.96. The number of esters is 3. The van der Waals surface area contributed by atoms with Crippen molar-refractivity contribution in [2.45, 2.75) is 64.6 Å². The number of aromatic nitrogens is 8. The number of hydrogen-bond acceptors (Lipinski definition) is 15. The van der Waals surface area contributed by atoms with Crippen molar-refractivity contribution in [1.29, 1.82) is 0 Å². The van der Waals surface area contributed by atoms with Crippen LogP contribution in [0.4, 0.5) is 5.82 Å². The first-order valence-corrected chi connectivity index (χ1v) is 17.6. The molecule has 0 spiro atoms. The van der Waals surface area contributed by atoms with E-state index in [4.69, 9.17) is 29.0 Å². The molecule has 0 radical (unpaired) electrons. The van der Waals surface area contributed by atoms with Crippen LogP contribution in [0.25, 0.3) is 22.3 Å². The highest BCUT2D eigenvalue weighted by Gasteiger charge is 2.51. The maximum absolute atomic E-state index is 12.2. The minimum Gasteiger partial charge on any atom is -0.475 e. The van der Waals surface area contributed by atoms with E-state index in [9.17, 15) is 19.2 Å². The molecule has 290 valence electrons. The summed E-state index contributed by atoms with van der Waals surface area (Å²) in [6.45, 7) is 6.01. The van der Waals surface area contributed by atoms with Crippen LogP contribution in [0, 0.1) is 0 Å². The number of carboxylic acids is 1. The summed E-state index contributed by atoms with van der Waals surface area (Å²) in [6.07, 6.45) is 0.715. The highest BCUT2D eigenvalue weighted by molar-refractivity contribution is 5.85. The Morgan fingerprint density at radius 1 is 0.875 bits per heavy atom. The summed E-state index contributed by atoms with van der Waals surface area (Å²) in [5, 5.41) is 12.0. The highest BCUT2D eigenvalue weighted by Crippen LogP contribution is 2.38. The van der Waals surface area contributed by atoms with Gasteiger partial charge in [0.15, 0.2) is 41.1 Å². The van der Waals surface area contributed by atoms with Gasteiger partial charge < -0.3 is 34.4 Å². The number of hydrogen-bond donors (Lipinski definition) is 3. The van der Waals surface area contributed by atoms with E-state index in [2.05, 4.69) is 59.5 Å². The van der Waals surface area contributed by atoms with E-state index in [0.29, 0.717) is 46.9 Å². The van der Waals surface area contributed by atoms with E-state index in [0.717, 1.165) is 11.1 Å². The molecule has 4 atom stereocenters. The molecule has 4 aromatic heterocycles. The first-order chi connectivity index (χ1) is 27.0. The van der Waals surface area contributed by atoms with Gasteiger partial charge in [0.05, 0.1) is 12.5 Å². The number of carboxylic acid groups (broad SMARTS) is 1. The van der Waals surface area contributed by atoms with Crippen molar-refractivity contribution in [3.63, 3.8) is 0 Å². The summed E-state index contributed by atoms with van der Waals surface area (Å²) < 4.78 is 24.4. The monoisotopic (exact) mass is 765 g/mol. The number of H-pyrrole nitrogens is 1. The van der Waals surface area contributed by atoms with E-state index < -0.39 is 48.4 Å². The third kappa shape index (κ3) is 8.92. The van der Waals surface area contributed by atoms with Crippen LogP contribution < -0.4 is 5.32 Å². The number of aromatic carboxylic acids is 1. The molecule has 1 aliphatic rings. The quantitative estimate of drug-likeness (QED) is 0.118. The molecule has 1 aliphatic heterocycles. The number of nitrogens with one attached hydrogen (secondary N) is 2. The van der Waals surface area contributed by atoms with E-state index in [1.165, 1.54) is 39.6 Å². The molecule has 18 heteroatoms. The second-order valence-corrected chi connectivity index (χ2v) is 12.6. The molecule has 18 nitrogen and oxygen atoms in total. The molecule has 2 aromatic carbocycles. The number of fused-ring (bicyclic) bond motifs is 2. The van der Waals surface area contributed by atoms with E-state index in [-0.39, 0.29) is 18.3 Å². The smallest absolute Gasteiger partial charge is 0.374 e. The lowest BCUT2D eigenvalue weighted by molar-refractivity contribution is -0.166. The number of rotatable bonds is 12. The predicted molar refractivity (Wildman–Crippen MR) is 198 cm³/mol. The summed E-state index contributed by atoms with van der Waals surface area (Å²) >= 11 is 0. The number of ether oxygens (including phenoxy) is 4. The van der Waals surface area contributed by atoms with Crippen LogP contribution in [0.3, 0.4) is 0 Å². The van der Waals surface area contributed by atoms with Gasteiger partial charge in [-0.15, -0.1) is 0 Å². The van der Waals surface area contributed by atoms with Crippen LogP contribution in [-0.2, 0) is 39.8 Å². The normalized spacial score (nSPS) is 17.6. The van der Waals surface area contributed by atoms with E-state index in [1.54, 1.807) is 4.57 Å². The zero-order chi connectivity index (χ0) is 39.8. The van der Waals surface area contributed by atoms with Crippen molar-refractivity contribution in [2.75, 3.05) is 18.5 Å². The molecule has 5 heterocycles. The van der Waals surface area contributed by atoms with Crippen molar-refractivity contribution in [2.24, 2.45) is 0 Å². The Labute approximate surface area is 319 Å². The topological polar surface area (TPSA) is 236 Å². The van der Waals surface area contributed by atoms with Gasteiger partial charge >= 0.3 is 23.9 Å². The molecule has 1 fully saturated rings. The Balaban J connectivity index is 0.000000374. The third-order valence-corrected chi connectivity index (χ3v) is 8.70. The lowest BCUT2D eigenvalue weighted by atomic mass is 9.91. The van der Waals surface area contributed by atoms with Gasteiger partial charge in [-0.2, -0.15) is 0 Å². The average Bonchev–Trinajstić information content (AvgIpc) is 3.90. The minimum atomic E-state index is -1.15. The molecule has 0 bridgehead atoms. The average molecular weight is 766 g/mol. The van der Waals surface area contributed by atoms with Crippen molar-refractivity contribution < 1.29 is 43.2 Å². The molecule has 0 unspecified atom stereocenters. The molecular formula is C38H39N9O9. The first kappa shape index (κ1) is 38.9. The van der Waals surface area contributed by atoms with Crippen LogP contribution in [-0.4, -0.2) is 99.9 Å². The zero-order valence-electron chi connectivity index (χ0n) is 30.9. The van der Waals surface area contributed by atoms with Crippen LogP contribution >= 0.6 is 0 Å². The molecule has 1 saturated heterocycles. The van der Waals surface area contributed by atoms with Crippen molar-refractivity contribution in [3.8, 4) is 0 Å². The van der Waals surface area contributed by atoms with Crippen LogP contribution in [0.2, 0.25) is 0 Å². The molecule has 7 rings (SSSR count). The SMILES string of the molecule is CCc1nc2c(NCC(c3ccccc3)c3ccccc3)ncnc2n1[C@@H]1O[C@H](COC(C)=O)[C@@H](OC(C)=O)[C@H]1OC(C)=O.O=C(O)c1ncc2nc[nH]c2n1. The predicted octanol–water partition coefficient (Wildman–Crippen LogP) is 4.01. The van der Waals surface area contributed by atoms with Crippen molar-refractivity contribution >= 4 is 52.0 Å². The van der Waals surface area contributed by atoms with Gasteiger partial charge in [0.1, 0.15) is 30.4 Å². The fourth-order valence-corrected chi connectivity index (χ4v) is 6.34. The Morgan fingerprint density at radius 3 is 2.14 bits per heavy atom. The van der Waals surface area contributed by atoms with Crippen LogP contribution in [0.15, 0.2) is 79.5 Å². The Hall–Kier alpha value is -6.82. The number of aryl methyl sites for hydroxylation is 1. The maximum Gasteiger partial charge on any atom is 0.374 e. The Morgan fingerprint density at radius 2 is 1.54 bits per heavy atom. The lowest BCUT2D eigenvalue weighted by Crippen LogP contribution is -2.40. The zero-order valence-corrected chi connectivity index (χ0v) is 30.9. The summed E-state index contributed by atoms with van der Waals surface area (Å²) in [7, 11) is 0. The van der Waals surface area contributed by atoms with E-state index >= 15 is 0 Å². The third-order valence-electron chi connectivity index (χ3n) is 8.70. The second kappa shape index (κ2) is 17.5. The molecule has 0 amide bonds. The van der Waals surface area contributed by atoms with Gasteiger partial charge in [0, 0.05) is 39.7 Å². The lowest BCUT2D eigenvalue weighted by Gasteiger charge is -2.24. The van der Waals surface area contributed by atoms with Gasteiger partial charge in [-0.1, -0.05) is 67.6 Å². The molecule has 0 aliphatic carbocycles. The number of nitrogens with zero attached hydrogens (tertiary/aromatic N) is 7. The number of carbonyl (C=O) groups excluding carboxylic acids is 3. The number of benzene rings is 2. The molecule has 3 N–H and O–H groups in total. The van der Waals surface area contributed by atoms with Crippen LogP contribution in [0.1, 0.15) is 67.4 Å². The van der Waals surface area contributed by atoms with Gasteiger partial charge in [-0.05, 0) is 11.1 Å². The number of aromatic amines is 1. The summed E-state index contributed by atoms with van der Waals surface area (Å²) in [6, 6.07) is 20.4.